The summed E-state index contributed by atoms with van der Waals surface area (Å²) < 4.78 is 11.4. The normalized spacial score (nSPS) is 13.7. The van der Waals surface area contributed by atoms with Gasteiger partial charge in [0, 0.05) is 39.6 Å². The van der Waals surface area contributed by atoms with Crippen LogP contribution >= 0.6 is 0 Å². The van der Waals surface area contributed by atoms with Crippen molar-refractivity contribution in [1.29, 1.82) is 0 Å². The molecule has 0 saturated carbocycles. The monoisotopic (exact) mass is 643 g/mol. The summed E-state index contributed by atoms with van der Waals surface area (Å²) in [5, 5.41) is 0. The minimum Gasteiger partial charge on any atom is -0.457 e. The molecule has 11 rings (SSSR count). The summed E-state index contributed by atoms with van der Waals surface area (Å²) in [4.78, 5) is 14.4. The summed E-state index contributed by atoms with van der Waals surface area (Å²) in [5.41, 5.74) is 16.0. The molecular formula is C44H29N5O. The second-order valence-electron chi connectivity index (χ2n) is 13.7. The Bertz CT molecular complexity index is 2890. The van der Waals surface area contributed by atoms with Crippen LogP contribution in [-0.4, -0.2) is 23.9 Å². The fourth-order valence-corrected chi connectivity index (χ4v) is 8.32. The summed E-state index contributed by atoms with van der Waals surface area (Å²) in [5.74, 6) is 2.63. The largest absolute Gasteiger partial charge is 0.457 e. The van der Waals surface area contributed by atoms with Crippen molar-refractivity contribution in [3.63, 3.8) is 0 Å². The zero-order valence-electron chi connectivity index (χ0n) is 27.4. The van der Waals surface area contributed by atoms with Gasteiger partial charge in [0.25, 0.3) is 0 Å². The van der Waals surface area contributed by atoms with Gasteiger partial charge >= 0.3 is 0 Å². The highest BCUT2D eigenvalue weighted by Gasteiger charge is 2.37. The average molecular weight is 644 g/mol. The smallest absolute Gasteiger partial charge is 0.220 e. The third-order valence-corrected chi connectivity index (χ3v) is 10.7. The predicted octanol–water partition coefficient (Wildman–Crippen LogP) is 10.6. The van der Waals surface area contributed by atoms with E-state index in [1.165, 1.54) is 0 Å². The molecule has 0 amide bonds. The number of hydrogen-bond acceptors (Lipinski definition) is 4. The Morgan fingerprint density at radius 3 is 2.02 bits per heavy atom. The number of fused-ring (bicyclic) bond motifs is 15. The number of benzene rings is 6. The first-order valence-corrected chi connectivity index (χ1v) is 16.9. The Labute approximate surface area is 287 Å². The topological polar surface area (TPSA) is 57.2 Å². The molecule has 50 heavy (non-hydrogen) atoms. The highest BCUT2D eigenvalue weighted by Crippen LogP contribution is 2.54. The molecule has 0 radical (unpaired) electrons. The molecule has 0 saturated heterocycles. The third kappa shape index (κ3) is 3.59. The van der Waals surface area contributed by atoms with Gasteiger partial charge in [0.1, 0.15) is 17.8 Å². The molecule has 2 aliphatic rings. The molecule has 1 aliphatic heterocycles. The molecule has 3 aromatic heterocycles. The van der Waals surface area contributed by atoms with Crippen LogP contribution in [0.25, 0.3) is 78.2 Å². The van der Waals surface area contributed by atoms with Crippen LogP contribution < -0.4 is 4.74 Å². The molecule has 236 valence electrons. The highest BCUT2D eigenvalue weighted by atomic mass is 16.5. The van der Waals surface area contributed by atoms with Crippen molar-refractivity contribution in [2.45, 2.75) is 19.3 Å². The molecule has 6 aromatic carbocycles. The number of aromatic nitrogens is 5. The van der Waals surface area contributed by atoms with E-state index in [0.717, 1.165) is 101 Å². The van der Waals surface area contributed by atoms with Crippen molar-refractivity contribution in [3.8, 4) is 61.8 Å². The first kappa shape index (κ1) is 27.4. The van der Waals surface area contributed by atoms with Gasteiger partial charge in [0.2, 0.25) is 5.78 Å². The van der Waals surface area contributed by atoms with Crippen LogP contribution in [0.2, 0.25) is 0 Å². The number of para-hydroxylation sites is 4. The van der Waals surface area contributed by atoms with Crippen LogP contribution in [0.3, 0.4) is 0 Å². The Kier molecular flexibility index (Phi) is 5.36. The summed E-state index contributed by atoms with van der Waals surface area (Å²) in [6, 6.07) is 45.2. The van der Waals surface area contributed by atoms with E-state index in [9.17, 15) is 0 Å². The SMILES string of the molecule is CC1(C)c2cc(-n3c4ccccc4n4c5ccccc5nc34)ccc2Oc2cc3c(cc21)-c1ccccc1-c1ncncc1-c1ccccc1-3. The lowest BCUT2D eigenvalue weighted by molar-refractivity contribution is 0.418. The molecule has 6 nitrogen and oxygen atoms in total. The number of rotatable bonds is 1. The van der Waals surface area contributed by atoms with Gasteiger partial charge in [-0.3, -0.25) is 8.97 Å². The van der Waals surface area contributed by atoms with E-state index >= 15 is 0 Å². The fraction of sp³-hybridized carbons (Fsp3) is 0.0682. The summed E-state index contributed by atoms with van der Waals surface area (Å²) in [6.07, 6.45) is 3.58. The van der Waals surface area contributed by atoms with Gasteiger partial charge in [-0.15, -0.1) is 0 Å². The molecule has 0 spiro atoms. The second-order valence-corrected chi connectivity index (χ2v) is 13.7. The van der Waals surface area contributed by atoms with Gasteiger partial charge in [-0.1, -0.05) is 86.6 Å². The lowest BCUT2D eigenvalue weighted by atomic mass is 9.73. The van der Waals surface area contributed by atoms with Crippen LogP contribution in [0.4, 0.5) is 0 Å². The Morgan fingerprint density at radius 2 is 1.20 bits per heavy atom. The maximum absolute atomic E-state index is 6.86. The molecule has 4 heterocycles. The zero-order chi connectivity index (χ0) is 33.1. The van der Waals surface area contributed by atoms with Crippen molar-refractivity contribution in [1.82, 2.24) is 23.9 Å². The maximum Gasteiger partial charge on any atom is 0.220 e. The van der Waals surface area contributed by atoms with Gasteiger partial charge in [-0.25, -0.2) is 15.0 Å². The van der Waals surface area contributed by atoms with Crippen molar-refractivity contribution in [2.75, 3.05) is 0 Å². The molecule has 6 heteroatoms. The van der Waals surface area contributed by atoms with Crippen LogP contribution in [0.15, 0.2) is 140 Å². The third-order valence-electron chi connectivity index (χ3n) is 10.7. The molecular weight excluding hydrogens is 615 g/mol. The van der Waals surface area contributed by atoms with Gasteiger partial charge in [0.15, 0.2) is 0 Å². The number of nitrogens with zero attached hydrogens (tertiary/aromatic N) is 5. The van der Waals surface area contributed by atoms with Gasteiger partial charge in [0.05, 0.1) is 27.8 Å². The van der Waals surface area contributed by atoms with E-state index in [4.69, 9.17) is 14.7 Å². The van der Waals surface area contributed by atoms with E-state index in [2.05, 4.69) is 149 Å². The minimum atomic E-state index is -0.371. The predicted molar refractivity (Wildman–Crippen MR) is 199 cm³/mol. The average Bonchev–Trinajstić information content (AvgIpc) is 3.69. The summed E-state index contributed by atoms with van der Waals surface area (Å²) >= 11 is 0. The standard InChI is InChI=1S/C44H29N5O/c1-44(2)34-21-26(48-38-17-9-10-18-39(38)49-37-16-8-7-15-36(37)47-43(48)49)19-20-40(34)50-41-23-32-27-11-3-4-12-28(27)33-24-45-25-46-42(33)30-14-6-5-13-29(30)31(32)22-35(41)44/h3-25H,1-2H3. The van der Waals surface area contributed by atoms with Crippen molar-refractivity contribution < 1.29 is 4.74 Å². The van der Waals surface area contributed by atoms with Crippen molar-refractivity contribution in [2.24, 2.45) is 0 Å². The van der Waals surface area contributed by atoms with E-state index < -0.39 is 0 Å². The Hall–Kier alpha value is -6.53. The Morgan fingerprint density at radius 1 is 0.560 bits per heavy atom. The van der Waals surface area contributed by atoms with Crippen molar-refractivity contribution in [3.05, 3.63) is 151 Å². The van der Waals surface area contributed by atoms with Gasteiger partial charge in [-0.2, -0.15) is 0 Å². The quantitative estimate of drug-likeness (QED) is 0.179. The first-order valence-electron chi connectivity index (χ1n) is 16.9. The summed E-state index contributed by atoms with van der Waals surface area (Å²) in [7, 11) is 0. The van der Waals surface area contributed by atoms with Crippen LogP contribution in [0, 0.1) is 0 Å². The lowest BCUT2D eigenvalue weighted by Crippen LogP contribution is -2.25. The van der Waals surface area contributed by atoms with Crippen LogP contribution in [0.1, 0.15) is 25.0 Å². The first-order chi connectivity index (χ1) is 24.6. The fourth-order valence-electron chi connectivity index (χ4n) is 8.32. The number of imidazole rings is 2. The summed E-state index contributed by atoms with van der Waals surface area (Å²) in [6.45, 7) is 4.61. The van der Waals surface area contributed by atoms with Gasteiger partial charge in [-0.05, 0) is 82.4 Å². The Balaban J connectivity index is 1.14. The molecule has 0 bridgehead atoms. The van der Waals surface area contributed by atoms with Crippen molar-refractivity contribution >= 4 is 27.8 Å². The zero-order valence-corrected chi connectivity index (χ0v) is 27.4. The van der Waals surface area contributed by atoms with Crippen LogP contribution in [-0.2, 0) is 5.41 Å². The number of ether oxygens (including phenoxy) is 1. The molecule has 0 atom stereocenters. The highest BCUT2D eigenvalue weighted by molar-refractivity contribution is 6.02. The van der Waals surface area contributed by atoms with E-state index in [0.29, 0.717) is 0 Å². The number of hydrogen-bond donors (Lipinski definition) is 0. The molecule has 1 aliphatic carbocycles. The van der Waals surface area contributed by atoms with Crippen LogP contribution in [0.5, 0.6) is 11.5 Å². The van der Waals surface area contributed by atoms with E-state index in [1.54, 1.807) is 6.33 Å². The molecule has 0 N–H and O–H groups in total. The lowest BCUT2D eigenvalue weighted by Gasteiger charge is -2.36. The molecule has 0 unspecified atom stereocenters. The van der Waals surface area contributed by atoms with Gasteiger partial charge < -0.3 is 4.74 Å². The van der Waals surface area contributed by atoms with E-state index in [-0.39, 0.29) is 5.41 Å². The molecule has 9 aromatic rings. The van der Waals surface area contributed by atoms with E-state index in [1.807, 2.05) is 12.3 Å². The maximum atomic E-state index is 6.86. The second kappa shape index (κ2) is 9.77. The molecule has 0 fully saturated rings. The minimum absolute atomic E-state index is 0.371.